The number of fused-ring (bicyclic) bond motifs is 1. The molecule has 0 spiro atoms. The van der Waals surface area contributed by atoms with E-state index in [9.17, 15) is 4.79 Å². The Kier molecular flexibility index (Phi) is 5.72. The molecule has 0 saturated carbocycles. The highest BCUT2D eigenvalue weighted by Gasteiger charge is 2.13. The molecule has 2 heterocycles. The average molecular weight is 341 g/mol. The Morgan fingerprint density at radius 1 is 1.16 bits per heavy atom. The maximum absolute atomic E-state index is 12.2. The lowest BCUT2D eigenvalue weighted by atomic mass is 10.2. The van der Waals surface area contributed by atoms with Gasteiger partial charge < -0.3 is 20.1 Å². The Hall–Kier alpha value is -2.76. The molecule has 6 heteroatoms. The van der Waals surface area contributed by atoms with Gasteiger partial charge in [0.1, 0.15) is 5.82 Å². The number of carbonyl (C=O) groups excluding carboxylic acids is 1. The molecule has 1 aromatic carbocycles. The van der Waals surface area contributed by atoms with Crippen molar-refractivity contribution in [2.24, 2.45) is 0 Å². The number of hydrogen-bond donors (Lipinski definition) is 2. The zero-order chi connectivity index (χ0) is 17.5. The van der Waals surface area contributed by atoms with E-state index >= 15 is 0 Å². The van der Waals surface area contributed by atoms with Crippen LogP contribution in [0.2, 0.25) is 0 Å². The summed E-state index contributed by atoms with van der Waals surface area (Å²) in [4.78, 5) is 16.4. The summed E-state index contributed by atoms with van der Waals surface area (Å²) in [5, 5.41) is 6.17. The number of rotatable bonds is 8. The third kappa shape index (κ3) is 4.62. The fourth-order valence-electron chi connectivity index (χ4n) is 2.59. The number of nitrogens with zero attached hydrogens (tertiary/aromatic N) is 1. The van der Waals surface area contributed by atoms with Crippen LogP contribution in [0, 0.1) is 0 Å². The molecule has 3 rings (SSSR count). The number of anilines is 1. The van der Waals surface area contributed by atoms with Gasteiger partial charge in [-0.3, -0.25) is 4.79 Å². The van der Waals surface area contributed by atoms with E-state index in [0.717, 1.165) is 36.3 Å². The average Bonchev–Trinajstić information content (AvgIpc) is 3.11. The van der Waals surface area contributed by atoms with Crippen LogP contribution in [0.15, 0.2) is 36.5 Å². The van der Waals surface area contributed by atoms with Crippen molar-refractivity contribution >= 4 is 11.7 Å². The molecule has 0 atom stereocenters. The maximum Gasteiger partial charge on any atom is 0.251 e. The number of hydrogen-bond acceptors (Lipinski definition) is 5. The number of benzene rings is 1. The number of unbranched alkanes of at least 4 members (excludes halogenated alkanes) is 2. The van der Waals surface area contributed by atoms with E-state index in [1.807, 2.05) is 18.2 Å². The summed E-state index contributed by atoms with van der Waals surface area (Å²) in [7, 11) is 0. The Balaban J connectivity index is 1.55. The van der Waals surface area contributed by atoms with Crippen LogP contribution in [-0.2, 0) is 6.54 Å². The highest BCUT2D eigenvalue weighted by molar-refractivity contribution is 5.94. The second-order valence-electron chi connectivity index (χ2n) is 5.93. The molecular weight excluding hydrogens is 318 g/mol. The van der Waals surface area contributed by atoms with Gasteiger partial charge in [-0.2, -0.15) is 0 Å². The molecule has 1 aliphatic rings. The summed E-state index contributed by atoms with van der Waals surface area (Å²) in [6, 6.07) is 9.31. The third-order valence-electron chi connectivity index (χ3n) is 4.00. The number of aromatic nitrogens is 1. The van der Waals surface area contributed by atoms with Crippen LogP contribution in [0.4, 0.5) is 5.82 Å². The van der Waals surface area contributed by atoms with Crippen molar-refractivity contribution in [3.8, 4) is 11.5 Å². The van der Waals surface area contributed by atoms with E-state index < -0.39 is 0 Å². The van der Waals surface area contributed by atoms with Gasteiger partial charge in [-0.05, 0) is 36.2 Å². The van der Waals surface area contributed by atoms with E-state index in [1.165, 1.54) is 0 Å². The molecule has 132 valence electrons. The van der Waals surface area contributed by atoms with Crippen LogP contribution in [0.5, 0.6) is 11.5 Å². The highest BCUT2D eigenvalue weighted by atomic mass is 16.7. The molecule has 0 bridgehead atoms. The van der Waals surface area contributed by atoms with Crippen molar-refractivity contribution in [3.05, 3.63) is 47.7 Å². The van der Waals surface area contributed by atoms with Gasteiger partial charge in [-0.15, -0.1) is 0 Å². The van der Waals surface area contributed by atoms with Gasteiger partial charge in [0.25, 0.3) is 5.91 Å². The smallest absolute Gasteiger partial charge is 0.251 e. The van der Waals surface area contributed by atoms with E-state index in [1.54, 1.807) is 18.3 Å². The van der Waals surface area contributed by atoms with Crippen molar-refractivity contribution in [3.63, 3.8) is 0 Å². The predicted octanol–water partition coefficient (Wildman–Crippen LogP) is 3.34. The van der Waals surface area contributed by atoms with Crippen LogP contribution in [0.25, 0.3) is 0 Å². The predicted molar refractivity (Wildman–Crippen MR) is 96.0 cm³/mol. The largest absolute Gasteiger partial charge is 0.454 e. The second-order valence-corrected chi connectivity index (χ2v) is 5.93. The molecule has 1 aliphatic heterocycles. The normalized spacial score (nSPS) is 12.0. The third-order valence-corrected chi connectivity index (χ3v) is 4.00. The molecule has 0 fully saturated rings. The monoisotopic (exact) mass is 341 g/mol. The molecule has 1 amide bonds. The molecule has 0 unspecified atom stereocenters. The van der Waals surface area contributed by atoms with Crippen LogP contribution in [-0.4, -0.2) is 24.2 Å². The van der Waals surface area contributed by atoms with E-state index in [-0.39, 0.29) is 12.7 Å². The number of pyridine rings is 1. The summed E-state index contributed by atoms with van der Waals surface area (Å²) < 4.78 is 10.7. The molecule has 0 saturated heterocycles. The minimum absolute atomic E-state index is 0.0652. The maximum atomic E-state index is 12.2. The molecule has 1 aromatic heterocycles. The second kappa shape index (κ2) is 8.37. The Morgan fingerprint density at radius 2 is 2.04 bits per heavy atom. The van der Waals surface area contributed by atoms with E-state index in [0.29, 0.717) is 24.5 Å². The van der Waals surface area contributed by atoms with E-state index in [2.05, 4.69) is 22.5 Å². The molecule has 6 nitrogen and oxygen atoms in total. The summed E-state index contributed by atoms with van der Waals surface area (Å²) in [6.45, 7) is 3.70. The molecule has 0 aliphatic carbocycles. The summed E-state index contributed by atoms with van der Waals surface area (Å²) in [5.74, 6) is 2.12. The first-order valence-corrected chi connectivity index (χ1v) is 8.63. The van der Waals surface area contributed by atoms with Crippen molar-refractivity contribution in [1.29, 1.82) is 0 Å². The Labute approximate surface area is 147 Å². The van der Waals surface area contributed by atoms with Gasteiger partial charge in [0.05, 0.1) is 0 Å². The Bertz CT molecular complexity index is 734. The van der Waals surface area contributed by atoms with Crippen LogP contribution in [0.1, 0.15) is 42.1 Å². The first kappa shape index (κ1) is 17.1. The van der Waals surface area contributed by atoms with Gasteiger partial charge in [-0.1, -0.05) is 25.8 Å². The zero-order valence-corrected chi connectivity index (χ0v) is 14.4. The fourth-order valence-corrected chi connectivity index (χ4v) is 2.59. The van der Waals surface area contributed by atoms with E-state index in [4.69, 9.17) is 9.47 Å². The lowest BCUT2D eigenvalue weighted by Crippen LogP contribution is -2.24. The number of amides is 1. The summed E-state index contributed by atoms with van der Waals surface area (Å²) >= 11 is 0. The number of ether oxygens (including phenoxy) is 2. The molecule has 0 radical (unpaired) electrons. The quantitative estimate of drug-likeness (QED) is 0.721. The first-order chi connectivity index (χ1) is 12.3. The first-order valence-electron chi connectivity index (χ1n) is 8.63. The molecule has 2 N–H and O–H groups in total. The number of carbonyl (C=O) groups is 1. The lowest BCUT2D eigenvalue weighted by Gasteiger charge is -2.09. The fraction of sp³-hybridized carbons (Fsp3) is 0.368. The molecule has 25 heavy (non-hydrogen) atoms. The lowest BCUT2D eigenvalue weighted by molar-refractivity contribution is 0.0953. The van der Waals surface area contributed by atoms with Gasteiger partial charge >= 0.3 is 0 Å². The zero-order valence-electron chi connectivity index (χ0n) is 14.4. The summed E-state index contributed by atoms with van der Waals surface area (Å²) in [5.41, 5.74) is 1.67. The van der Waals surface area contributed by atoms with Crippen LogP contribution < -0.4 is 20.1 Å². The van der Waals surface area contributed by atoms with Crippen molar-refractivity contribution in [2.75, 3.05) is 18.7 Å². The molecule has 2 aromatic rings. The molecular formula is C19H23N3O3. The Morgan fingerprint density at radius 3 is 2.92 bits per heavy atom. The van der Waals surface area contributed by atoms with Gasteiger partial charge in [0.2, 0.25) is 6.79 Å². The van der Waals surface area contributed by atoms with Crippen molar-refractivity contribution in [1.82, 2.24) is 10.3 Å². The minimum Gasteiger partial charge on any atom is -0.454 e. The highest BCUT2D eigenvalue weighted by Crippen LogP contribution is 2.32. The van der Waals surface area contributed by atoms with Crippen molar-refractivity contribution in [2.45, 2.75) is 32.7 Å². The van der Waals surface area contributed by atoms with Gasteiger partial charge in [-0.25, -0.2) is 4.98 Å². The van der Waals surface area contributed by atoms with Crippen LogP contribution >= 0.6 is 0 Å². The number of nitrogens with one attached hydrogen (secondary N) is 2. The minimum atomic E-state index is -0.0652. The topological polar surface area (TPSA) is 72.5 Å². The van der Waals surface area contributed by atoms with Gasteiger partial charge in [0, 0.05) is 24.8 Å². The standard InChI is InChI=1S/C19H23N3O3/c1-2-3-4-8-21-19(23)15-7-9-20-18(11-15)22-12-14-5-6-16-17(10-14)25-13-24-16/h5-7,9-11H,2-4,8,12-13H2,1H3,(H,20,22)(H,21,23). The van der Waals surface area contributed by atoms with Gasteiger partial charge in [0.15, 0.2) is 11.5 Å². The van der Waals surface area contributed by atoms with Crippen LogP contribution in [0.3, 0.4) is 0 Å². The van der Waals surface area contributed by atoms with Crippen molar-refractivity contribution < 1.29 is 14.3 Å². The summed E-state index contributed by atoms with van der Waals surface area (Å²) in [6.07, 6.45) is 4.91. The SMILES string of the molecule is CCCCCNC(=O)c1ccnc(NCc2ccc3c(c2)OCO3)c1.